The van der Waals surface area contributed by atoms with Crippen LogP contribution in [0, 0.1) is 23.2 Å². The second-order valence-corrected chi connectivity index (χ2v) is 19.0. The van der Waals surface area contributed by atoms with Crippen LogP contribution in [-0.2, 0) is 19.1 Å². The minimum absolute atomic E-state index is 0.0141. The topological polar surface area (TPSA) is 188 Å². The highest BCUT2D eigenvalue weighted by atomic mass is 35.5. The maximum Gasteiger partial charge on any atom is 0.407 e. The summed E-state index contributed by atoms with van der Waals surface area (Å²) in [6, 6.07) is 16.5. The van der Waals surface area contributed by atoms with Crippen molar-refractivity contribution in [3.63, 3.8) is 0 Å². The molecule has 0 bridgehead atoms. The van der Waals surface area contributed by atoms with Gasteiger partial charge >= 0.3 is 12.2 Å². The molecular weight excluding hydrogens is 822 g/mol. The van der Waals surface area contributed by atoms with Crippen LogP contribution in [0.25, 0.3) is 44.7 Å². The van der Waals surface area contributed by atoms with Gasteiger partial charge in [-0.25, -0.2) is 24.5 Å². The molecule has 330 valence electrons. The fraction of sp³-hybridized carbons (Fsp3) is 0.468. The van der Waals surface area contributed by atoms with E-state index in [1.54, 1.807) is 6.20 Å². The summed E-state index contributed by atoms with van der Waals surface area (Å²) in [7, 11) is 2.59. The van der Waals surface area contributed by atoms with Gasteiger partial charge in [-0.3, -0.25) is 9.59 Å². The van der Waals surface area contributed by atoms with Crippen molar-refractivity contribution in [1.82, 2.24) is 45.4 Å². The fourth-order valence-electron chi connectivity index (χ4n) is 10.1. The van der Waals surface area contributed by atoms with Crippen molar-refractivity contribution in [1.29, 1.82) is 0 Å². The number of carbonyl (C=O) groups excluding carboxylic acids is 4. The number of fused-ring (bicyclic) bond motifs is 3. The van der Waals surface area contributed by atoms with Crippen molar-refractivity contribution >= 4 is 46.5 Å². The highest BCUT2D eigenvalue weighted by Crippen LogP contribution is 2.63. The van der Waals surface area contributed by atoms with Crippen LogP contribution in [0.3, 0.4) is 0 Å². The SMILES string of the molecule is COC(=O)N[C@H](C(=O)N1[C@@H]2CC[C@@H]2C[C@H]1c1nc(Cl)c(-c2ccc(-c3ccc4nc(-c5cnc([C@@H]6C[C@]7(C)C[C@H]7N6C(=O)[C@@H](NC(=O)OC)C(C)C)[nH]5)ccc4c3)cc2)[nH]1)C(C)C. The largest absolute Gasteiger partial charge is 0.453 e. The summed E-state index contributed by atoms with van der Waals surface area (Å²) in [4.78, 5) is 77.5. The van der Waals surface area contributed by atoms with Crippen molar-refractivity contribution < 1.29 is 28.7 Å². The summed E-state index contributed by atoms with van der Waals surface area (Å²) >= 11 is 6.80. The number of halogens is 1. The lowest BCUT2D eigenvalue weighted by Gasteiger charge is -2.39. The van der Waals surface area contributed by atoms with E-state index < -0.39 is 24.3 Å². The Balaban J connectivity index is 0.905. The number of pyridine rings is 1. The van der Waals surface area contributed by atoms with E-state index in [1.165, 1.54) is 14.2 Å². The molecule has 5 aromatic rings. The first kappa shape index (κ1) is 42.3. The molecule has 16 heteroatoms. The normalized spacial score (nSPS) is 24.4. The van der Waals surface area contributed by atoms with Crippen molar-refractivity contribution in [3.8, 4) is 33.8 Å². The molecule has 2 saturated heterocycles. The lowest BCUT2D eigenvalue weighted by atomic mass is 9.80. The number of alkyl carbamates (subject to hydrolysis) is 2. The molecule has 0 radical (unpaired) electrons. The maximum atomic E-state index is 14.0. The zero-order valence-corrected chi connectivity index (χ0v) is 37.3. The van der Waals surface area contributed by atoms with Gasteiger partial charge in [0.05, 0.1) is 55.1 Å². The van der Waals surface area contributed by atoms with Gasteiger partial charge in [0.1, 0.15) is 23.7 Å². The molecule has 15 nitrogen and oxygen atoms in total. The lowest BCUT2D eigenvalue weighted by molar-refractivity contribution is -0.139. The third-order valence-corrected chi connectivity index (χ3v) is 14.2. The number of rotatable bonds is 11. The Bertz CT molecular complexity index is 2590. The van der Waals surface area contributed by atoms with Crippen molar-refractivity contribution in [2.45, 2.75) is 103 Å². The number of amides is 4. The number of aromatic nitrogens is 5. The Morgan fingerprint density at radius 1 is 0.778 bits per heavy atom. The van der Waals surface area contributed by atoms with Gasteiger partial charge in [-0.05, 0) is 84.6 Å². The zero-order valence-electron chi connectivity index (χ0n) is 36.6. The van der Waals surface area contributed by atoms with Gasteiger partial charge in [-0.15, -0.1) is 0 Å². The molecule has 0 unspecified atom stereocenters. The molecule has 4 aliphatic rings. The molecule has 9 rings (SSSR count). The number of imidazole rings is 2. The Kier molecular flexibility index (Phi) is 11.0. The minimum Gasteiger partial charge on any atom is -0.453 e. The van der Waals surface area contributed by atoms with Gasteiger partial charge in [-0.2, -0.15) is 0 Å². The predicted octanol–water partition coefficient (Wildman–Crippen LogP) is 8.20. The molecule has 5 heterocycles. The second kappa shape index (κ2) is 16.3. The monoisotopic (exact) mass is 875 g/mol. The predicted molar refractivity (Wildman–Crippen MR) is 237 cm³/mol. The Morgan fingerprint density at radius 2 is 1.43 bits per heavy atom. The first-order chi connectivity index (χ1) is 30.2. The van der Waals surface area contributed by atoms with Crippen LogP contribution in [0.5, 0.6) is 0 Å². The molecule has 4 amide bonds. The summed E-state index contributed by atoms with van der Waals surface area (Å²) in [6.45, 7) is 9.85. The van der Waals surface area contributed by atoms with Crippen LogP contribution in [0.2, 0.25) is 5.15 Å². The highest BCUT2D eigenvalue weighted by molar-refractivity contribution is 6.32. The average molecular weight is 876 g/mol. The molecular formula is C47H54ClN9O6. The van der Waals surface area contributed by atoms with E-state index in [4.69, 9.17) is 36.0 Å². The maximum absolute atomic E-state index is 14.0. The number of nitrogens with zero attached hydrogens (tertiary/aromatic N) is 5. The van der Waals surface area contributed by atoms with E-state index in [0.717, 1.165) is 71.1 Å². The summed E-state index contributed by atoms with van der Waals surface area (Å²) in [5, 5.41) is 6.80. The van der Waals surface area contributed by atoms with Gasteiger partial charge in [0, 0.05) is 23.0 Å². The van der Waals surface area contributed by atoms with E-state index in [9.17, 15) is 19.2 Å². The number of ether oxygens (including phenoxy) is 2. The number of hydrogen-bond acceptors (Lipinski definition) is 9. The molecule has 2 aliphatic heterocycles. The van der Waals surface area contributed by atoms with Crippen LogP contribution < -0.4 is 10.6 Å². The molecule has 0 spiro atoms. The Morgan fingerprint density at radius 3 is 2.06 bits per heavy atom. The number of nitrogens with one attached hydrogen (secondary N) is 4. The summed E-state index contributed by atoms with van der Waals surface area (Å²) < 4.78 is 9.65. The number of hydrogen-bond donors (Lipinski definition) is 4. The minimum atomic E-state index is -0.722. The molecule has 8 atom stereocenters. The van der Waals surface area contributed by atoms with Crippen LogP contribution >= 0.6 is 11.6 Å². The number of likely N-dealkylation sites (tertiary alicyclic amines) is 2. The molecule has 4 N–H and O–H groups in total. The van der Waals surface area contributed by atoms with Gasteiger partial charge in [-0.1, -0.05) is 82.6 Å². The standard InChI is InChI=1S/C47H54ClN9O6/c1-23(2)37(53-45(60)62-6)43(58)56-33-17-14-29(33)19-34(56)42-52-39(40(48)55-42)26-10-8-25(9-11-26)27-12-15-30-28(18-27)13-16-31(50-30)32-22-49-41(51-32)35-20-47(5)21-36(47)57(35)44(59)38(24(3)4)54-46(61)63-7/h8-13,15-16,18,22-24,29,33-38H,14,17,19-21H2,1-7H3,(H,49,51)(H,52,55)(H,53,60)(H,54,61)/t29-,33-,34+,35+,36-,37+,38+,47-/m1/s1. The first-order valence-corrected chi connectivity index (χ1v) is 22.2. The first-order valence-electron chi connectivity index (χ1n) is 21.8. The molecule has 4 fully saturated rings. The van der Waals surface area contributed by atoms with Gasteiger partial charge < -0.3 is 39.9 Å². The molecule has 2 aliphatic carbocycles. The van der Waals surface area contributed by atoms with Crippen LogP contribution in [0.15, 0.2) is 60.8 Å². The van der Waals surface area contributed by atoms with Crippen molar-refractivity contribution in [2.75, 3.05) is 14.2 Å². The second-order valence-electron chi connectivity index (χ2n) is 18.6. The van der Waals surface area contributed by atoms with Crippen LogP contribution in [0.1, 0.15) is 90.5 Å². The van der Waals surface area contributed by atoms with Gasteiger partial charge in [0.25, 0.3) is 0 Å². The van der Waals surface area contributed by atoms with E-state index >= 15 is 0 Å². The summed E-state index contributed by atoms with van der Waals surface area (Å²) in [6.07, 6.45) is 4.96. The van der Waals surface area contributed by atoms with Crippen molar-refractivity contribution in [3.05, 3.63) is 77.6 Å². The fourth-order valence-corrected chi connectivity index (χ4v) is 10.3. The molecule has 63 heavy (non-hydrogen) atoms. The third kappa shape index (κ3) is 7.67. The van der Waals surface area contributed by atoms with Gasteiger partial charge in [0.2, 0.25) is 11.8 Å². The number of methoxy groups -OCH3 is 2. The summed E-state index contributed by atoms with van der Waals surface area (Å²) in [5.41, 5.74) is 5.94. The Labute approximate surface area is 371 Å². The smallest absolute Gasteiger partial charge is 0.407 e. The van der Waals surface area contributed by atoms with E-state index in [2.05, 4.69) is 51.8 Å². The van der Waals surface area contributed by atoms with Crippen LogP contribution in [0.4, 0.5) is 9.59 Å². The number of carbonyl (C=O) groups is 4. The number of aromatic amines is 2. The van der Waals surface area contributed by atoms with E-state index in [0.29, 0.717) is 28.4 Å². The average Bonchev–Trinajstić information content (AvgIpc) is 3.70. The molecule has 2 saturated carbocycles. The lowest BCUT2D eigenvalue weighted by Crippen LogP contribution is -2.54. The third-order valence-electron chi connectivity index (χ3n) is 13.9. The van der Waals surface area contributed by atoms with E-state index in [-0.39, 0.29) is 53.2 Å². The van der Waals surface area contributed by atoms with Crippen LogP contribution in [-0.4, -0.2) is 97.1 Å². The van der Waals surface area contributed by atoms with Crippen molar-refractivity contribution in [2.24, 2.45) is 23.2 Å². The number of piperidine rings is 1. The zero-order chi connectivity index (χ0) is 44.5. The quantitative estimate of drug-likeness (QED) is 0.101. The van der Waals surface area contributed by atoms with E-state index in [1.807, 2.05) is 67.8 Å². The Hall–Kier alpha value is -5.96. The summed E-state index contributed by atoms with van der Waals surface area (Å²) in [5.74, 6) is 1.20. The highest BCUT2D eigenvalue weighted by Gasteiger charge is 2.64. The number of benzene rings is 2. The molecule has 2 aromatic carbocycles. The number of H-pyrrole nitrogens is 2. The molecule has 3 aromatic heterocycles. The van der Waals surface area contributed by atoms with Gasteiger partial charge in [0.15, 0.2) is 5.15 Å².